The minimum Gasteiger partial charge on any atom is -0.481 e. The minimum atomic E-state index is -0.768. The first-order chi connectivity index (χ1) is 17.0. The molecule has 1 aliphatic rings. The molecule has 0 aromatic heterocycles. The van der Waals surface area contributed by atoms with Crippen LogP contribution in [-0.4, -0.2) is 42.3 Å². The van der Waals surface area contributed by atoms with E-state index in [9.17, 15) is 14.4 Å². The molecule has 2 aromatic rings. The maximum atomic E-state index is 12.5. The Balaban J connectivity index is 1.36. The SMILES string of the molecule is CCC(CCC(=O)NCCCCCCC(=O)O)NC(=O)OCC1c2ccccc2-c2ccccc21. The molecule has 0 fully saturated rings. The van der Waals surface area contributed by atoms with E-state index in [0.717, 1.165) is 19.3 Å². The molecule has 2 aromatic carbocycles. The van der Waals surface area contributed by atoms with Gasteiger partial charge in [0.05, 0.1) is 0 Å². The fourth-order valence-corrected chi connectivity index (χ4v) is 4.56. The molecule has 3 N–H and O–H groups in total. The molecule has 3 rings (SSSR count). The lowest BCUT2D eigenvalue weighted by Gasteiger charge is -2.19. The Hall–Kier alpha value is -3.35. The van der Waals surface area contributed by atoms with Crippen LogP contribution in [0.3, 0.4) is 0 Å². The molecule has 2 amide bonds. The summed E-state index contributed by atoms with van der Waals surface area (Å²) in [6.07, 6.45) is 4.58. The number of carboxylic acids is 1. The highest BCUT2D eigenvalue weighted by atomic mass is 16.5. The number of hydrogen-bond acceptors (Lipinski definition) is 4. The minimum absolute atomic E-state index is 0.0168. The van der Waals surface area contributed by atoms with Crippen LogP contribution in [0.25, 0.3) is 11.1 Å². The van der Waals surface area contributed by atoms with Crippen molar-refractivity contribution in [2.24, 2.45) is 0 Å². The summed E-state index contributed by atoms with van der Waals surface area (Å²) < 4.78 is 5.62. The van der Waals surface area contributed by atoms with Crippen molar-refractivity contribution in [3.05, 3.63) is 59.7 Å². The fraction of sp³-hybridized carbons (Fsp3) is 0.464. The average molecular weight is 481 g/mol. The first-order valence-corrected chi connectivity index (χ1v) is 12.6. The van der Waals surface area contributed by atoms with Crippen molar-refractivity contribution in [3.8, 4) is 11.1 Å². The third-order valence-electron chi connectivity index (χ3n) is 6.52. The quantitative estimate of drug-likeness (QED) is 0.321. The Morgan fingerprint density at radius 1 is 0.914 bits per heavy atom. The maximum absolute atomic E-state index is 12.5. The molecule has 0 aliphatic heterocycles. The van der Waals surface area contributed by atoms with Crippen LogP contribution in [0.5, 0.6) is 0 Å². The number of rotatable bonds is 14. The number of aliphatic carboxylic acids is 1. The Labute approximate surface area is 207 Å². The second-order valence-corrected chi connectivity index (χ2v) is 9.02. The molecule has 7 heteroatoms. The van der Waals surface area contributed by atoms with Crippen LogP contribution in [-0.2, 0) is 14.3 Å². The fourth-order valence-electron chi connectivity index (χ4n) is 4.56. The molecule has 35 heavy (non-hydrogen) atoms. The van der Waals surface area contributed by atoms with Gasteiger partial charge in [0, 0.05) is 31.3 Å². The van der Waals surface area contributed by atoms with Crippen molar-refractivity contribution in [2.75, 3.05) is 13.2 Å². The highest BCUT2D eigenvalue weighted by Gasteiger charge is 2.29. The molecule has 1 aliphatic carbocycles. The van der Waals surface area contributed by atoms with Crippen molar-refractivity contribution in [1.82, 2.24) is 10.6 Å². The summed E-state index contributed by atoms with van der Waals surface area (Å²) in [5.74, 6) is -0.790. The molecule has 1 atom stereocenters. The first kappa shape index (κ1) is 26.3. The predicted octanol–water partition coefficient (Wildman–Crippen LogP) is 5.24. The van der Waals surface area contributed by atoms with E-state index < -0.39 is 12.1 Å². The van der Waals surface area contributed by atoms with Gasteiger partial charge in [0.2, 0.25) is 5.91 Å². The van der Waals surface area contributed by atoms with E-state index in [1.54, 1.807) is 0 Å². The van der Waals surface area contributed by atoms with E-state index in [1.165, 1.54) is 22.3 Å². The molecule has 0 saturated heterocycles. The molecule has 7 nitrogen and oxygen atoms in total. The lowest BCUT2D eigenvalue weighted by Crippen LogP contribution is -2.36. The molecular formula is C28H36N2O5. The van der Waals surface area contributed by atoms with Crippen molar-refractivity contribution >= 4 is 18.0 Å². The largest absolute Gasteiger partial charge is 0.481 e. The third-order valence-corrected chi connectivity index (χ3v) is 6.52. The van der Waals surface area contributed by atoms with Gasteiger partial charge in [-0.1, -0.05) is 68.3 Å². The second-order valence-electron chi connectivity index (χ2n) is 9.02. The van der Waals surface area contributed by atoms with Crippen LogP contribution >= 0.6 is 0 Å². The van der Waals surface area contributed by atoms with E-state index in [-0.39, 0.29) is 30.9 Å². The molecule has 0 saturated carbocycles. The number of benzene rings is 2. The third kappa shape index (κ3) is 7.84. The highest BCUT2D eigenvalue weighted by Crippen LogP contribution is 2.44. The number of carbonyl (C=O) groups is 3. The first-order valence-electron chi connectivity index (χ1n) is 12.6. The number of hydrogen-bond donors (Lipinski definition) is 3. The summed E-state index contributed by atoms with van der Waals surface area (Å²) in [6, 6.07) is 16.3. The monoisotopic (exact) mass is 480 g/mol. The van der Waals surface area contributed by atoms with Crippen molar-refractivity contribution in [2.45, 2.75) is 70.3 Å². The second kappa shape index (κ2) is 13.5. The van der Waals surface area contributed by atoms with Gasteiger partial charge in [0.25, 0.3) is 0 Å². The lowest BCUT2D eigenvalue weighted by molar-refractivity contribution is -0.137. The Morgan fingerprint density at radius 3 is 2.17 bits per heavy atom. The van der Waals surface area contributed by atoms with Gasteiger partial charge in [-0.3, -0.25) is 9.59 Å². The van der Waals surface area contributed by atoms with Crippen molar-refractivity contribution in [3.63, 3.8) is 0 Å². The summed E-state index contributed by atoms with van der Waals surface area (Å²) in [5, 5.41) is 14.4. The van der Waals surface area contributed by atoms with Crippen LogP contribution in [0.15, 0.2) is 48.5 Å². The summed E-state index contributed by atoms with van der Waals surface area (Å²) in [6.45, 7) is 2.83. The van der Waals surface area contributed by atoms with Crippen molar-refractivity contribution < 1.29 is 24.2 Å². The molecule has 0 heterocycles. The van der Waals surface area contributed by atoms with Gasteiger partial charge >= 0.3 is 12.1 Å². The van der Waals surface area contributed by atoms with Crippen LogP contribution in [0, 0.1) is 0 Å². The zero-order valence-electron chi connectivity index (χ0n) is 20.4. The number of unbranched alkanes of at least 4 members (excludes halogenated alkanes) is 3. The Morgan fingerprint density at radius 2 is 1.54 bits per heavy atom. The van der Waals surface area contributed by atoms with E-state index >= 15 is 0 Å². The van der Waals surface area contributed by atoms with Crippen LogP contribution in [0.1, 0.15) is 75.3 Å². The zero-order chi connectivity index (χ0) is 25.0. The number of carboxylic acid groups (broad SMARTS) is 1. The standard InChI is InChI=1S/C28H36N2O5/c1-2-20(16-17-26(31)29-18-10-4-3-5-15-27(32)33)30-28(34)35-19-25-23-13-8-6-11-21(23)22-12-7-9-14-24(22)25/h6-9,11-14,20,25H,2-5,10,15-19H2,1H3,(H,29,31)(H,30,34)(H,32,33). The molecular weight excluding hydrogens is 444 g/mol. The van der Waals surface area contributed by atoms with Gasteiger partial charge < -0.3 is 20.5 Å². The van der Waals surface area contributed by atoms with E-state index in [1.807, 2.05) is 31.2 Å². The van der Waals surface area contributed by atoms with Gasteiger partial charge in [0.1, 0.15) is 6.61 Å². The van der Waals surface area contributed by atoms with Crippen molar-refractivity contribution in [1.29, 1.82) is 0 Å². The van der Waals surface area contributed by atoms with Crippen LogP contribution in [0.2, 0.25) is 0 Å². The summed E-state index contributed by atoms with van der Waals surface area (Å²) in [4.78, 5) is 35.1. The molecule has 0 bridgehead atoms. The van der Waals surface area contributed by atoms with E-state index in [0.29, 0.717) is 32.2 Å². The topological polar surface area (TPSA) is 105 Å². The number of fused-ring (bicyclic) bond motifs is 3. The summed E-state index contributed by atoms with van der Waals surface area (Å²) in [5.41, 5.74) is 4.73. The van der Waals surface area contributed by atoms with Gasteiger partial charge in [-0.2, -0.15) is 0 Å². The zero-order valence-corrected chi connectivity index (χ0v) is 20.4. The van der Waals surface area contributed by atoms with Gasteiger partial charge in [-0.15, -0.1) is 0 Å². The number of nitrogens with one attached hydrogen (secondary N) is 2. The summed E-state index contributed by atoms with van der Waals surface area (Å²) in [7, 11) is 0. The Kier molecular flexibility index (Phi) is 10.1. The van der Waals surface area contributed by atoms with E-state index in [2.05, 4.69) is 34.9 Å². The van der Waals surface area contributed by atoms with E-state index in [4.69, 9.17) is 9.84 Å². The van der Waals surface area contributed by atoms with Gasteiger partial charge in [0.15, 0.2) is 0 Å². The van der Waals surface area contributed by atoms with Crippen LogP contribution < -0.4 is 10.6 Å². The normalized spacial score (nSPS) is 12.9. The lowest BCUT2D eigenvalue weighted by atomic mass is 9.98. The molecule has 188 valence electrons. The molecule has 1 unspecified atom stereocenters. The number of amides is 2. The van der Waals surface area contributed by atoms with Crippen LogP contribution in [0.4, 0.5) is 4.79 Å². The van der Waals surface area contributed by atoms with Gasteiger partial charge in [-0.25, -0.2) is 4.79 Å². The predicted molar refractivity (Wildman–Crippen MR) is 135 cm³/mol. The average Bonchev–Trinajstić information content (AvgIpc) is 3.18. The Bertz CT molecular complexity index is 961. The molecule has 0 radical (unpaired) electrons. The molecule has 0 spiro atoms. The summed E-state index contributed by atoms with van der Waals surface area (Å²) >= 11 is 0. The number of alkyl carbamates (subject to hydrolysis) is 1. The van der Waals surface area contributed by atoms with Gasteiger partial charge in [-0.05, 0) is 47.9 Å². The number of ether oxygens (including phenoxy) is 1. The number of carbonyl (C=O) groups excluding carboxylic acids is 2. The maximum Gasteiger partial charge on any atom is 0.407 e. The smallest absolute Gasteiger partial charge is 0.407 e. The highest BCUT2D eigenvalue weighted by molar-refractivity contribution is 5.79.